The molecule has 1 aromatic heterocycles. The fourth-order valence-electron chi connectivity index (χ4n) is 4.20. The second-order valence-corrected chi connectivity index (χ2v) is 7.68. The third-order valence-electron chi connectivity index (χ3n) is 5.80. The molecule has 0 bridgehead atoms. The number of amides is 2. The molecule has 2 aromatic carbocycles. The predicted molar refractivity (Wildman–Crippen MR) is 108 cm³/mol. The molecular weight excluding hydrogens is 366 g/mol. The fraction of sp³-hybridized carbons (Fsp3) is 0.273. The van der Waals surface area contributed by atoms with Gasteiger partial charge in [0.15, 0.2) is 0 Å². The minimum atomic E-state index is -0.569. The number of hydrogen-bond donors (Lipinski definition) is 2. The highest BCUT2D eigenvalue weighted by atomic mass is 16.2. The SMILES string of the molecule is CN1C(=O)[C@H](NC(=O)c2n[nH]c(Cc3ccccc3)n2)C2CC2c2ccccc21. The molecule has 1 aliphatic heterocycles. The van der Waals surface area contributed by atoms with E-state index in [-0.39, 0.29) is 17.6 Å². The average molecular weight is 387 g/mol. The number of aromatic amines is 1. The van der Waals surface area contributed by atoms with Gasteiger partial charge >= 0.3 is 0 Å². The quantitative estimate of drug-likeness (QED) is 0.719. The molecule has 1 saturated carbocycles. The summed E-state index contributed by atoms with van der Waals surface area (Å²) in [7, 11) is 1.76. The van der Waals surface area contributed by atoms with Gasteiger partial charge in [0.1, 0.15) is 11.9 Å². The number of aromatic nitrogens is 3. The molecule has 2 heterocycles. The van der Waals surface area contributed by atoms with E-state index >= 15 is 0 Å². The van der Waals surface area contributed by atoms with Gasteiger partial charge in [-0.15, -0.1) is 5.10 Å². The molecule has 1 fully saturated rings. The molecule has 29 heavy (non-hydrogen) atoms. The summed E-state index contributed by atoms with van der Waals surface area (Å²) in [6.07, 6.45) is 1.46. The highest BCUT2D eigenvalue weighted by molar-refractivity contribution is 6.03. The van der Waals surface area contributed by atoms with Gasteiger partial charge in [0.25, 0.3) is 5.91 Å². The molecule has 0 saturated heterocycles. The molecular formula is C22H21N5O2. The van der Waals surface area contributed by atoms with Crippen LogP contribution in [0.15, 0.2) is 54.6 Å². The molecule has 5 rings (SSSR count). The number of benzene rings is 2. The minimum Gasteiger partial charge on any atom is -0.337 e. The fourth-order valence-corrected chi connectivity index (χ4v) is 4.20. The van der Waals surface area contributed by atoms with Crippen LogP contribution >= 0.6 is 0 Å². The van der Waals surface area contributed by atoms with Crippen LogP contribution in [-0.4, -0.2) is 40.1 Å². The zero-order valence-electron chi connectivity index (χ0n) is 16.0. The van der Waals surface area contributed by atoms with E-state index in [4.69, 9.17) is 0 Å². The standard InChI is InChI=1S/C22H21N5O2/c1-27-17-10-6-5-9-14(17)15-12-16(15)19(22(27)29)24-21(28)20-23-18(25-26-20)11-13-7-3-2-4-8-13/h2-10,15-16,19H,11-12H2,1H3,(H,24,28)(H,23,25,26)/t15?,16?,19-/m1/s1. The molecule has 3 aromatic rings. The molecule has 7 nitrogen and oxygen atoms in total. The molecule has 1 aliphatic carbocycles. The van der Waals surface area contributed by atoms with E-state index in [1.165, 1.54) is 5.56 Å². The minimum absolute atomic E-state index is 0.0605. The van der Waals surface area contributed by atoms with Gasteiger partial charge in [-0.3, -0.25) is 14.7 Å². The zero-order valence-corrected chi connectivity index (χ0v) is 16.0. The van der Waals surface area contributed by atoms with Crippen molar-refractivity contribution in [3.8, 4) is 0 Å². The first-order valence-corrected chi connectivity index (χ1v) is 9.74. The molecule has 0 radical (unpaired) electrons. The maximum atomic E-state index is 13.0. The molecule has 146 valence electrons. The van der Waals surface area contributed by atoms with Crippen molar-refractivity contribution in [3.63, 3.8) is 0 Å². The highest BCUT2D eigenvalue weighted by Gasteiger charge is 2.51. The number of para-hydroxylation sites is 1. The van der Waals surface area contributed by atoms with Gasteiger partial charge < -0.3 is 10.2 Å². The lowest BCUT2D eigenvalue weighted by atomic mass is 10.1. The van der Waals surface area contributed by atoms with Crippen LogP contribution in [0.5, 0.6) is 0 Å². The maximum absolute atomic E-state index is 13.0. The lowest BCUT2D eigenvalue weighted by Gasteiger charge is -2.23. The number of carbonyl (C=O) groups excluding carboxylic acids is 2. The third-order valence-corrected chi connectivity index (χ3v) is 5.80. The summed E-state index contributed by atoms with van der Waals surface area (Å²) >= 11 is 0. The van der Waals surface area contributed by atoms with Crippen molar-refractivity contribution in [3.05, 3.63) is 77.4 Å². The van der Waals surface area contributed by atoms with Gasteiger partial charge in [0, 0.05) is 19.2 Å². The Hall–Kier alpha value is -3.48. The Morgan fingerprint density at radius 2 is 1.93 bits per heavy atom. The van der Waals surface area contributed by atoms with E-state index in [9.17, 15) is 9.59 Å². The number of anilines is 1. The molecule has 2 aliphatic rings. The first-order valence-electron chi connectivity index (χ1n) is 9.74. The van der Waals surface area contributed by atoms with Crippen molar-refractivity contribution in [2.45, 2.75) is 24.8 Å². The van der Waals surface area contributed by atoms with E-state index in [1.54, 1.807) is 11.9 Å². The normalized spacial score (nSPS) is 22.4. The maximum Gasteiger partial charge on any atom is 0.291 e. The van der Waals surface area contributed by atoms with Gasteiger partial charge in [-0.2, -0.15) is 0 Å². The van der Waals surface area contributed by atoms with E-state index in [1.807, 2.05) is 48.5 Å². The Morgan fingerprint density at radius 3 is 2.76 bits per heavy atom. The van der Waals surface area contributed by atoms with Crippen LogP contribution in [0.3, 0.4) is 0 Å². The average Bonchev–Trinajstić information content (AvgIpc) is 3.41. The first-order chi connectivity index (χ1) is 14.1. The number of rotatable bonds is 4. The third kappa shape index (κ3) is 3.18. The Bertz CT molecular complexity index is 1080. The molecule has 3 atom stereocenters. The molecule has 2 N–H and O–H groups in total. The Morgan fingerprint density at radius 1 is 1.17 bits per heavy atom. The topological polar surface area (TPSA) is 91.0 Å². The second kappa shape index (κ2) is 6.84. The predicted octanol–water partition coefficient (Wildman–Crippen LogP) is 2.27. The lowest BCUT2D eigenvalue weighted by molar-refractivity contribution is -0.120. The van der Waals surface area contributed by atoms with Crippen LogP contribution in [0.25, 0.3) is 0 Å². The molecule has 2 unspecified atom stereocenters. The van der Waals surface area contributed by atoms with Gasteiger partial charge in [0.05, 0.1) is 0 Å². The van der Waals surface area contributed by atoms with Gasteiger partial charge in [-0.25, -0.2) is 4.98 Å². The second-order valence-electron chi connectivity index (χ2n) is 7.68. The van der Waals surface area contributed by atoms with Crippen molar-refractivity contribution >= 4 is 17.5 Å². The summed E-state index contributed by atoms with van der Waals surface area (Å²) in [6.45, 7) is 0. The van der Waals surface area contributed by atoms with Crippen LogP contribution in [0.1, 0.15) is 39.9 Å². The first kappa shape index (κ1) is 17.6. The monoisotopic (exact) mass is 387 g/mol. The van der Waals surface area contributed by atoms with Crippen LogP contribution < -0.4 is 10.2 Å². The van der Waals surface area contributed by atoms with E-state index in [0.29, 0.717) is 18.2 Å². The Labute approximate surface area is 168 Å². The van der Waals surface area contributed by atoms with Crippen LogP contribution in [-0.2, 0) is 11.2 Å². The number of likely N-dealkylation sites (N-methyl/N-ethyl adjacent to an activating group) is 1. The number of nitrogens with one attached hydrogen (secondary N) is 2. The Kier molecular flexibility index (Phi) is 4.16. The smallest absolute Gasteiger partial charge is 0.291 e. The number of fused-ring (bicyclic) bond motifs is 3. The van der Waals surface area contributed by atoms with E-state index in [0.717, 1.165) is 17.7 Å². The van der Waals surface area contributed by atoms with Crippen molar-refractivity contribution in [2.75, 3.05) is 11.9 Å². The summed E-state index contributed by atoms with van der Waals surface area (Å²) in [4.78, 5) is 31.7. The van der Waals surface area contributed by atoms with E-state index in [2.05, 4.69) is 26.6 Å². The molecule has 7 heteroatoms. The lowest BCUT2D eigenvalue weighted by Crippen LogP contribution is -2.48. The molecule has 2 amide bonds. The number of hydrogen-bond acceptors (Lipinski definition) is 4. The summed E-state index contributed by atoms with van der Waals surface area (Å²) < 4.78 is 0. The van der Waals surface area contributed by atoms with E-state index < -0.39 is 11.9 Å². The summed E-state index contributed by atoms with van der Waals surface area (Å²) in [5.74, 6) is 0.555. The number of carbonyl (C=O) groups is 2. The van der Waals surface area contributed by atoms with Crippen molar-refractivity contribution in [1.82, 2.24) is 20.5 Å². The Balaban J connectivity index is 1.32. The molecule has 0 spiro atoms. The largest absolute Gasteiger partial charge is 0.337 e. The van der Waals surface area contributed by atoms with Crippen molar-refractivity contribution < 1.29 is 9.59 Å². The summed E-state index contributed by atoms with van der Waals surface area (Å²) in [5, 5.41) is 9.76. The zero-order chi connectivity index (χ0) is 20.0. The van der Waals surface area contributed by atoms with Crippen LogP contribution in [0.2, 0.25) is 0 Å². The number of H-pyrrole nitrogens is 1. The van der Waals surface area contributed by atoms with Crippen LogP contribution in [0.4, 0.5) is 5.69 Å². The summed E-state index contributed by atoms with van der Waals surface area (Å²) in [6, 6.07) is 17.2. The van der Waals surface area contributed by atoms with Crippen LogP contribution in [0, 0.1) is 5.92 Å². The highest BCUT2D eigenvalue weighted by Crippen LogP contribution is 2.54. The summed E-state index contributed by atoms with van der Waals surface area (Å²) in [5.41, 5.74) is 3.17. The number of nitrogens with zero attached hydrogens (tertiary/aromatic N) is 3. The van der Waals surface area contributed by atoms with Gasteiger partial charge in [0.2, 0.25) is 11.7 Å². The van der Waals surface area contributed by atoms with Crippen molar-refractivity contribution in [1.29, 1.82) is 0 Å². The van der Waals surface area contributed by atoms with Gasteiger partial charge in [-0.05, 0) is 35.4 Å². The van der Waals surface area contributed by atoms with Crippen molar-refractivity contribution in [2.24, 2.45) is 5.92 Å². The van der Waals surface area contributed by atoms with Gasteiger partial charge in [-0.1, -0.05) is 48.5 Å².